The highest BCUT2D eigenvalue weighted by Gasteiger charge is 2.35. The van der Waals surface area contributed by atoms with Crippen molar-refractivity contribution in [2.75, 3.05) is 24.9 Å². The van der Waals surface area contributed by atoms with E-state index < -0.39 is 28.7 Å². The third-order valence-corrected chi connectivity index (χ3v) is 9.15. The summed E-state index contributed by atoms with van der Waals surface area (Å²) < 4.78 is 29.2. The summed E-state index contributed by atoms with van der Waals surface area (Å²) in [6, 6.07) is 12.7. The van der Waals surface area contributed by atoms with Gasteiger partial charge in [-0.1, -0.05) is 56.2 Å². The molecule has 1 N–H and O–H groups in total. The maximum Gasteiger partial charge on any atom is 0.304 e. The Kier molecular flexibility index (Phi) is 9.95. The predicted molar refractivity (Wildman–Crippen MR) is 152 cm³/mol. The van der Waals surface area contributed by atoms with Crippen LogP contribution in [0.1, 0.15) is 61.3 Å². The fourth-order valence-electron chi connectivity index (χ4n) is 4.95. The lowest BCUT2D eigenvalue weighted by molar-refractivity contribution is -0.140. The first-order chi connectivity index (χ1) is 17.9. The fourth-order valence-corrected chi connectivity index (χ4v) is 6.06. The van der Waals surface area contributed by atoms with Gasteiger partial charge in [-0.3, -0.25) is 9.59 Å². The van der Waals surface area contributed by atoms with Crippen molar-refractivity contribution in [2.45, 2.75) is 78.4 Å². The minimum atomic E-state index is -3.99. The highest BCUT2D eigenvalue weighted by molar-refractivity contribution is 7.90. The molecule has 208 valence electrons. The summed E-state index contributed by atoms with van der Waals surface area (Å²) in [4.78, 5) is 29.1. The zero-order valence-corrected chi connectivity index (χ0v) is 24.3. The van der Waals surface area contributed by atoms with Gasteiger partial charge in [0.2, 0.25) is 11.8 Å². The molecule has 1 aliphatic carbocycles. The summed E-state index contributed by atoms with van der Waals surface area (Å²) >= 11 is 0. The van der Waals surface area contributed by atoms with E-state index in [1.54, 1.807) is 11.0 Å². The molecular formula is C29H42N4O4S. The summed E-state index contributed by atoms with van der Waals surface area (Å²) in [5, 5.41) is 3.14. The molecule has 1 atom stereocenters. The average Bonchev–Trinajstić information content (AvgIpc) is 3.37. The van der Waals surface area contributed by atoms with E-state index in [1.807, 2.05) is 64.1 Å². The molecule has 1 fully saturated rings. The van der Waals surface area contributed by atoms with Gasteiger partial charge in [-0.05, 0) is 68.4 Å². The zero-order valence-electron chi connectivity index (χ0n) is 23.5. The van der Waals surface area contributed by atoms with E-state index in [4.69, 9.17) is 0 Å². The molecule has 3 rings (SSSR count). The van der Waals surface area contributed by atoms with Gasteiger partial charge in [0.1, 0.15) is 12.6 Å². The molecule has 8 nitrogen and oxygen atoms in total. The van der Waals surface area contributed by atoms with Crippen molar-refractivity contribution in [3.05, 3.63) is 64.7 Å². The molecule has 38 heavy (non-hydrogen) atoms. The van der Waals surface area contributed by atoms with E-state index in [0.717, 1.165) is 56.5 Å². The first kappa shape index (κ1) is 29.6. The number of amides is 2. The fraction of sp³-hybridized carbons (Fsp3) is 0.517. The standard InChI is InChI=1S/C29H42N4O4S/c1-7-26(29(35)30-25-14-10-11-15-25)32(19-24-13-9-8-12-22(24)3)28(34)20-33(38(36,37)31(5)6)27-18-21(2)16-17-23(27)4/h8-9,12-13,16-18,25-26H,7,10-11,14-15,19-20H2,1-6H3,(H,30,35)/t26-/m1/s1. The number of aryl methyl sites for hydroxylation is 3. The Balaban J connectivity index is 2.01. The van der Waals surface area contributed by atoms with Crippen LogP contribution in [0.2, 0.25) is 0 Å². The van der Waals surface area contributed by atoms with Crippen LogP contribution in [0.4, 0.5) is 5.69 Å². The van der Waals surface area contributed by atoms with Crippen molar-refractivity contribution in [2.24, 2.45) is 0 Å². The number of carbonyl (C=O) groups excluding carboxylic acids is 2. The minimum absolute atomic E-state index is 0.118. The smallest absolute Gasteiger partial charge is 0.304 e. The number of nitrogens with zero attached hydrogens (tertiary/aromatic N) is 3. The van der Waals surface area contributed by atoms with E-state index in [0.29, 0.717) is 12.1 Å². The van der Waals surface area contributed by atoms with E-state index >= 15 is 0 Å². The van der Waals surface area contributed by atoms with Crippen molar-refractivity contribution < 1.29 is 18.0 Å². The number of benzene rings is 2. The number of carbonyl (C=O) groups is 2. The first-order valence-corrected chi connectivity index (χ1v) is 14.8. The Labute approximate surface area is 228 Å². The lowest BCUT2D eigenvalue weighted by Crippen LogP contribution is -2.54. The van der Waals surface area contributed by atoms with Gasteiger partial charge in [0.15, 0.2) is 0 Å². The molecule has 9 heteroatoms. The normalized spacial score (nSPS) is 14.9. The highest BCUT2D eigenvalue weighted by atomic mass is 32.2. The van der Waals surface area contributed by atoms with E-state index in [2.05, 4.69) is 5.32 Å². The second-order valence-corrected chi connectivity index (χ2v) is 12.5. The maximum absolute atomic E-state index is 14.1. The van der Waals surface area contributed by atoms with Crippen molar-refractivity contribution >= 4 is 27.7 Å². The van der Waals surface area contributed by atoms with Crippen molar-refractivity contribution in [3.63, 3.8) is 0 Å². The average molecular weight is 543 g/mol. The molecule has 0 aliphatic heterocycles. The molecule has 0 heterocycles. The molecule has 0 radical (unpaired) electrons. The van der Waals surface area contributed by atoms with Gasteiger partial charge in [-0.25, -0.2) is 4.31 Å². The van der Waals surface area contributed by atoms with E-state index in [-0.39, 0.29) is 18.5 Å². The quantitative estimate of drug-likeness (QED) is 0.463. The lowest BCUT2D eigenvalue weighted by Gasteiger charge is -2.35. The first-order valence-electron chi connectivity index (χ1n) is 13.4. The van der Waals surface area contributed by atoms with Gasteiger partial charge in [0, 0.05) is 26.7 Å². The van der Waals surface area contributed by atoms with Crippen molar-refractivity contribution in [3.8, 4) is 0 Å². The monoisotopic (exact) mass is 542 g/mol. The Morgan fingerprint density at radius 3 is 2.26 bits per heavy atom. The number of anilines is 1. The topological polar surface area (TPSA) is 90.0 Å². The summed E-state index contributed by atoms with van der Waals surface area (Å²) in [7, 11) is -1.09. The summed E-state index contributed by atoms with van der Waals surface area (Å²) in [5.41, 5.74) is 4.00. The molecule has 2 aromatic carbocycles. The molecule has 0 spiro atoms. The maximum atomic E-state index is 14.1. The van der Waals surface area contributed by atoms with Crippen LogP contribution in [0.25, 0.3) is 0 Å². The van der Waals surface area contributed by atoms with Gasteiger partial charge in [-0.15, -0.1) is 0 Å². The summed E-state index contributed by atoms with van der Waals surface area (Å²) in [6.07, 6.45) is 4.46. The van der Waals surface area contributed by atoms with Crippen LogP contribution in [0.15, 0.2) is 42.5 Å². The number of hydrogen-bond donors (Lipinski definition) is 1. The van der Waals surface area contributed by atoms with Gasteiger partial charge in [-0.2, -0.15) is 12.7 Å². The van der Waals surface area contributed by atoms with E-state index in [1.165, 1.54) is 14.1 Å². The Morgan fingerprint density at radius 1 is 1.00 bits per heavy atom. The van der Waals surface area contributed by atoms with Crippen LogP contribution in [-0.2, 0) is 26.3 Å². The van der Waals surface area contributed by atoms with E-state index in [9.17, 15) is 18.0 Å². The summed E-state index contributed by atoms with van der Waals surface area (Å²) in [5.74, 6) is -0.608. The Morgan fingerprint density at radius 2 is 1.66 bits per heavy atom. The molecule has 0 unspecified atom stereocenters. The second-order valence-electron chi connectivity index (χ2n) is 10.4. The zero-order chi connectivity index (χ0) is 28.0. The van der Waals surface area contributed by atoms with Crippen LogP contribution in [0, 0.1) is 20.8 Å². The van der Waals surface area contributed by atoms with Crippen molar-refractivity contribution in [1.82, 2.24) is 14.5 Å². The molecule has 2 aromatic rings. The van der Waals surface area contributed by atoms with Gasteiger partial charge < -0.3 is 10.2 Å². The number of rotatable bonds is 11. The highest BCUT2D eigenvalue weighted by Crippen LogP contribution is 2.26. The van der Waals surface area contributed by atoms with Crippen LogP contribution >= 0.6 is 0 Å². The minimum Gasteiger partial charge on any atom is -0.352 e. The second kappa shape index (κ2) is 12.8. The van der Waals surface area contributed by atoms with Crippen LogP contribution < -0.4 is 9.62 Å². The van der Waals surface area contributed by atoms with Crippen LogP contribution in [0.5, 0.6) is 0 Å². The molecule has 2 amide bonds. The molecule has 0 bridgehead atoms. The largest absolute Gasteiger partial charge is 0.352 e. The van der Waals surface area contributed by atoms with Crippen LogP contribution in [-0.4, -0.2) is 62.2 Å². The molecule has 0 saturated heterocycles. The van der Waals surface area contributed by atoms with Crippen LogP contribution in [0.3, 0.4) is 0 Å². The molecule has 1 saturated carbocycles. The third-order valence-electron chi connectivity index (χ3n) is 7.34. The third kappa shape index (κ3) is 6.94. The van der Waals surface area contributed by atoms with Gasteiger partial charge in [0.25, 0.3) is 0 Å². The molecule has 1 aliphatic rings. The number of nitrogens with one attached hydrogen (secondary N) is 1. The Hall–Kier alpha value is -2.91. The molecule has 0 aromatic heterocycles. The predicted octanol–water partition coefficient (Wildman–Crippen LogP) is 4.09. The van der Waals surface area contributed by atoms with Gasteiger partial charge >= 0.3 is 10.2 Å². The Bertz CT molecular complexity index is 1240. The van der Waals surface area contributed by atoms with Crippen molar-refractivity contribution in [1.29, 1.82) is 0 Å². The van der Waals surface area contributed by atoms with Gasteiger partial charge in [0.05, 0.1) is 5.69 Å². The summed E-state index contributed by atoms with van der Waals surface area (Å²) in [6.45, 7) is 7.36. The SMILES string of the molecule is CC[C@H](C(=O)NC1CCCC1)N(Cc1ccccc1C)C(=O)CN(c1cc(C)ccc1C)S(=O)(=O)N(C)C. The number of hydrogen-bond acceptors (Lipinski definition) is 4. The lowest BCUT2D eigenvalue weighted by atomic mass is 10.1. The molecular weight excluding hydrogens is 500 g/mol.